The van der Waals surface area contributed by atoms with E-state index < -0.39 is 0 Å². The quantitative estimate of drug-likeness (QED) is 0.786. The number of carbonyl (C=O) groups is 1. The number of rotatable bonds is 4. The molecule has 1 aromatic carbocycles. The molecule has 1 unspecified atom stereocenters. The number of pyridine rings is 1. The molecule has 132 valence electrons. The van der Waals surface area contributed by atoms with Crippen LogP contribution in [-0.4, -0.2) is 44.9 Å². The third-order valence-corrected chi connectivity index (χ3v) is 4.26. The number of urea groups is 1. The maximum atomic E-state index is 12.5. The fourth-order valence-electron chi connectivity index (χ4n) is 2.94. The zero-order valence-corrected chi connectivity index (χ0v) is 14.2. The second-order valence-electron chi connectivity index (χ2n) is 6.09. The van der Waals surface area contributed by atoms with Crippen LogP contribution in [0.5, 0.6) is 5.75 Å². The lowest BCUT2D eigenvalue weighted by Gasteiger charge is -2.18. The molecule has 26 heavy (non-hydrogen) atoms. The van der Waals surface area contributed by atoms with Crippen molar-refractivity contribution in [3.63, 3.8) is 0 Å². The molecule has 1 N–H and O–H groups in total. The lowest BCUT2D eigenvalue weighted by molar-refractivity contribution is 0.194. The van der Waals surface area contributed by atoms with Crippen molar-refractivity contribution in [3.05, 3.63) is 67.3 Å². The predicted molar refractivity (Wildman–Crippen MR) is 97.4 cm³/mol. The average Bonchev–Trinajstić information content (AvgIpc) is 3.35. The topological polar surface area (TPSA) is 72.3 Å². The summed E-state index contributed by atoms with van der Waals surface area (Å²) in [4.78, 5) is 18.3. The third-order valence-electron chi connectivity index (χ3n) is 4.26. The molecular weight excluding hydrogens is 330 g/mol. The SMILES string of the molecule is O=C(Nc1ccc(-n2cccn2)cc1)N1CCC(Oc2cccnc2)C1. The molecule has 0 radical (unpaired) electrons. The summed E-state index contributed by atoms with van der Waals surface area (Å²) in [5, 5.41) is 7.12. The molecular formula is C19H19N5O2. The van der Waals surface area contributed by atoms with Gasteiger partial charge in [-0.3, -0.25) is 4.98 Å². The van der Waals surface area contributed by atoms with Gasteiger partial charge in [-0.05, 0) is 42.5 Å². The zero-order valence-electron chi connectivity index (χ0n) is 14.2. The van der Waals surface area contributed by atoms with Gasteiger partial charge in [-0.1, -0.05) is 0 Å². The maximum Gasteiger partial charge on any atom is 0.321 e. The van der Waals surface area contributed by atoms with E-state index in [-0.39, 0.29) is 12.1 Å². The number of hydrogen-bond acceptors (Lipinski definition) is 4. The third kappa shape index (κ3) is 3.66. The number of benzene rings is 1. The van der Waals surface area contributed by atoms with Crippen LogP contribution in [0.2, 0.25) is 0 Å². The van der Waals surface area contributed by atoms with Gasteiger partial charge in [0, 0.05) is 37.2 Å². The summed E-state index contributed by atoms with van der Waals surface area (Å²) >= 11 is 0. The molecule has 1 fully saturated rings. The molecule has 1 aliphatic rings. The Morgan fingerprint density at radius 3 is 2.77 bits per heavy atom. The van der Waals surface area contributed by atoms with Gasteiger partial charge in [0.1, 0.15) is 11.9 Å². The van der Waals surface area contributed by atoms with E-state index in [0.29, 0.717) is 13.1 Å². The number of nitrogens with one attached hydrogen (secondary N) is 1. The highest BCUT2D eigenvalue weighted by Crippen LogP contribution is 2.19. The van der Waals surface area contributed by atoms with Crippen LogP contribution in [0.3, 0.4) is 0 Å². The van der Waals surface area contributed by atoms with Crippen LogP contribution in [0.15, 0.2) is 67.3 Å². The first-order valence-corrected chi connectivity index (χ1v) is 8.50. The summed E-state index contributed by atoms with van der Waals surface area (Å²) in [7, 11) is 0. The van der Waals surface area contributed by atoms with Gasteiger partial charge in [0.25, 0.3) is 0 Å². The lowest BCUT2D eigenvalue weighted by Crippen LogP contribution is -2.34. The number of hydrogen-bond donors (Lipinski definition) is 1. The molecule has 1 saturated heterocycles. The summed E-state index contributed by atoms with van der Waals surface area (Å²) in [6.45, 7) is 1.23. The van der Waals surface area contributed by atoms with Gasteiger partial charge in [-0.2, -0.15) is 5.10 Å². The minimum atomic E-state index is -0.117. The highest BCUT2D eigenvalue weighted by atomic mass is 16.5. The standard InChI is InChI=1S/C19H19N5O2/c25-19(22-15-4-6-16(7-5-15)24-11-2-10-21-24)23-12-8-18(14-23)26-17-3-1-9-20-13-17/h1-7,9-11,13,18H,8,12,14H2,(H,22,25). The van der Waals surface area contributed by atoms with Crippen LogP contribution in [0, 0.1) is 0 Å². The van der Waals surface area contributed by atoms with Gasteiger partial charge >= 0.3 is 6.03 Å². The van der Waals surface area contributed by atoms with Crippen molar-refractivity contribution in [3.8, 4) is 11.4 Å². The number of aromatic nitrogens is 3. The van der Waals surface area contributed by atoms with E-state index in [1.165, 1.54) is 0 Å². The molecule has 0 aliphatic carbocycles. The number of amides is 2. The van der Waals surface area contributed by atoms with E-state index in [1.54, 1.807) is 28.2 Å². The maximum absolute atomic E-state index is 12.5. The van der Waals surface area contributed by atoms with Gasteiger partial charge in [0.05, 0.1) is 18.4 Å². The highest BCUT2D eigenvalue weighted by molar-refractivity contribution is 5.89. The van der Waals surface area contributed by atoms with E-state index in [9.17, 15) is 4.79 Å². The van der Waals surface area contributed by atoms with E-state index in [0.717, 1.165) is 23.5 Å². The molecule has 2 amide bonds. The first kappa shape index (κ1) is 16.1. The van der Waals surface area contributed by atoms with Crippen molar-refractivity contribution in [2.24, 2.45) is 0 Å². The molecule has 0 saturated carbocycles. The Morgan fingerprint density at radius 2 is 2.04 bits per heavy atom. The smallest absolute Gasteiger partial charge is 0.321 e. The number of anilines is 1. The number of carbonyl (C=O) groups excluding carboxylic acids is 1. The zero-order chi connectivity index (χ0) is 17.8. The van der Waals surface area contributed by atoms with Crippen molar-refractivity contribution in [1.82, 2.24) is 19.7 Å². The van der Waals surface area contributed by atoms with Gasteiger partial charge in [0.2, 0.25) is 0 Å². The minimum absolute atomic E-state index is 0.00728. The first-order valence-electron chi connectivity index (χ1n) is 8.50. The molecule has 1 aliphatic heterocycles. The van der Waals surface area contributed by atoms with E-state index in [2.05, 4.69) is 15.4 Å². The van der Waals surface area contributed by atoms with E-state index >= 15 is 0 Å². The molecule has 0 bridgehead atoms. The summed E-state index contributed by atoms with van der Waals surface area (Å²) in [5.41, 5.74) is 1.70. The van der Waals surface area contributed by atoms with Crippen LogP contribution in [0.1, 0.15) is 6.42 Å². The molecule has 7 nitrogen and oxygen atoms in total. The second-order valence-corrected chi connectivity index (χ2v) is 6.09. The van der Waals surface area contributed by atoms with Gasteiger partial charge in [-0.25, -0.2) is 9.48 Å². The molecule has 2 aromatic heterocycles. The van der Waals surface area contributed by atoms with Crippen molar-refractivity contribution in [2.75, 3.05) is 18.4 Å². The predicted octanol–water partition coefficient (Wildman–Crippen LogP) is 2.95. The Hall–Kier alpha value is -3.35. The van der Waals surface area contributed by atoms with Crippen LogP contribution in [-0.2, 0) is 0 Å². The molecule has 3 heterocycles. The second kappa shape index (κ2) is 7.26. The molecule has 4 rings (SSSR count). The van der Waals surface area contributed by atoms with Gasteiger partial charge in [-0.15, -0.1) is 0 Å². The fraction of sp³-hybridized carbons (Fsp3) is 0.211. The molecule has 0 spiro atoms. The Morgan fingerprint density at radius 1 is 1.15 bits per heavy atom. The van der Waals surface area contributed by atoms with Crippen LogP contribution >= 0.6 is 0 Å². The van der Waals surface area contributed by atoms with E-state index in [4.69, 9.17) is 4.74 Å². The minimum Gasteiger partial charge on any atom is -0.487 e. The average molecular weight is 349 g/mol. The van der Waals surface area contributed by atoms with Crippen molar-refractivity contribution in [1.29, 1.82) is 0 Å². The Labute approximate surface area is 151 Å². The van der Waals surface area contributed by atoms with Gasteiger partial charge < -0.3 is 15.0 Å². The summed E-state index contributed by atoms with van der Waals surface area (Å²) in [6.07, 6.45) is 7.79. The largest absolute Gasteiger partial charge is 0.487 e. The van der Waals surface area contributed by atoms with Crippen molar-refractivity contribution < 1.29 is 9.53 Å². The molecule has 3 aromatic rings. The monoisotopic (exact) mass is 349 g/mol. The van der Waals surface area contributed by atoms with Gasteiger partial charge in [0.15, 0.2) is 0 Å². The molecule has 1 atom stereocenters. The fourth-order valence-corrected chi connectivity index (χ4v) is 2.94. The normalized spacial score (nSPS) is 16.5. The van der Waals surface area contributed by atoms with Crippen molar-refractivity contribution in [2.45, 2.75) is 12.5 Å². The number of likely N-dealkylation sites (tertiary alicyclic amines) is 1. The number of nitrogens with zero attached hydrogens (tertiary/aromatic N) is 4. The Kier molecular flexibility index (Phi) is 4.51. The lowest BCUT2D eigenvalue weighted by atomic mass is 10.3. The van der Waals surface area contributed by atoms with Crippen molar-refractivity contribution >= 4 is 11.7 Å². The summed E-state index contributed by atoms with van der Waals surface area (Å²) in [6, 6.07) is 13.0. The van der Waals surface area contributed by atoms with Crippen LogP contribution < -0.4 is 10.1 Å². The van der Waals surface area contributed by atoms with Crippen LogP contribution in [0.4, 0.5) is 10.5 Å². The van der Waals surface area contributed by atoms with Crippen LogP contribution in [0.25, 0.3) is 5.69 Å². The Balaban J connectivity index is 1.32. The summed E-state index contributed by atoms with van der Waals surface area (Å²) < 4.78 is 7.64. The highest BCUT2D eigenvalue weighted by Gasteiger charge is 2.27. The molecule has 7 heteroatoms. The summed E-state index contributed by atoms with van der Waals surface area (Å²) in [5.74, 6) is 0.731. The first-order chi connectivity index (χ1) is 12.8. The van der Waals surface area contributed by atoms with E-state index in [1.807, 2.05) is 48.7 Å². The Bertz CT molecular complexity index is 849. The number of ether oxygens (including phenoxy) is 1.